The summed E-state index contributed by atoms with van der Waals surface area (Å²) < 4.78 is 2.00. The summed E-state index contributed by atoms with van der Waals surface area (Å²) in [5.41, 5.74) is 5.38. The highest BCUT2D eigenvalue weighted by Crippen LogP contribution is 2.24. The van der Waals surface area contributed by atoms with E-state index in [1.54, 1.807) is 11.8 Å². The first kappa shape index (κ1) is 15.0. The van der Waals surface area contributed by atoms with Gasteiger partial charge >= 0.3 is 0 Å². The van der Waals surface area contributed by atoms with Crippen molar-refractivity contribution >= 4 is 17.6 Å². The van der Waals surface area contributed by atoms with Crippen molar-refractivity contribution in [3.63, 3.8) is 0 Å². The molecule has 1 heterocycles. The summed E-state index contributed by atoms with van der Waals surface area (Å²) in [7, 11) is 1.98. The summed E-state index contributed by atoms with van der Waals surface area (Å²) in [5.74, 6) is 2.24. The standard InChI is InChI=1S/C12H23N5S/c1-9-15-16-11(17(9)4)18-8-6-5-7-12(2,3)10(13)14/h5-8H2,1-4H3,(H3,13,14). The summed E-state index contributed by atoms with van der Waals surface area (Å²) in [5, 5.41) is 16.6. The second kappa shape index (κ2) is 6.22. The van der Waals surface area contributed by atoms with E-state index in [0.29, 0.717) is 0 Å². The van der Waals surface area contributed by atoms with E-state index in [1.807, 2.05) is 32.4 Å². The van der Waals surface area contributed by atoms with Crippen LogP contribution in [0.25, 0.3) is 0 Å². The van der Waals surface area contributed by atoms with Crippen molar-refractivity contribution in [3.05, 3.63) is 5.82 Å². The Balaban J connectivity index is 2.24. The molecule has 0 saturated heterocycles. The van der Waals surface area contributed by atoms with E-state index >= 15 is 0 Å². The van der Waals surface area contributed by atoms with Crippen LogP contribution in [0.1, 0.15) is 38.9 Å². The largest absolute Gasteiger partial charge is 0.387 e. The van der Waals surface area contributed by atoms with Gasteiger partial charge in [0, 0.05) is 18.2 Å². The Labute approximate surface area is 113 Å². The van der Waals surface area contributed by atoms with Gasteiger partial charge in [-0.05, 0) is 19.8 Å². The molecule has 1 aromatic heterocycles. The van der Waals surface area contributed by atoms with Crippen LogP contribution in [0.15, 0.2) is 5.16 Å². The van der Waals surface area contributed by atoms with Crippen molar-refractivity contribution in [3.8, 4) is 0 Å². The third-order valence-electron chi connectivity index (χ3n) is 3.21. The van der Waals surface area contributed by atoms with Crippen molar-refractivity contribution in [2.24, 2.45) is 18.2 Å². The van der Waals surface area contributed by atoms with Gasteiger partial charge in [0.05, 0.1) is 5.84 Å². The monoisotopic (exact) mass is 269 g/mol. The zero-order valence-electron chi connectivity index (χ0n) is 11.7. The molecule has 0 unspecified atom stereocenters. The van der Waals surface area contributed by atoms with Gasteiger partial charge in [-0.2, -0.15) is 0 Å². The number of thioether (sulfide) groups is 1. The van der Waals surface area contributed by atoms with Gasteiger partial charge in [-0.25, -0.2) is 0 Å². The van der Waals surface area contributed by atoms with Crippen molar-refractivity contribution in [2.45, 2.75) is 45.2 Å². The average Bonchev–Trinajstić information content (AvgIpc) is 2.60. The molecule has 3 N–H and O–H groups in total. The number of rotatable bonds is 7. The van der Waals surface area contributed by atoms with Crippen LogP contribution in [-0.4, -0.2) is 26.4 Å². The highest BCUT2D eigenvalue weighted by atomic mass is 32.2. The molecular formula is C12H23N5S. The van der Waals surface area contributed by atoms with Crippen molar-refractivity contribution in [2.75, 3.05) is 5.75 Å². The minimum absolute atomic E-state index is 0.175. The summed E-state index contributed by atoms with van der Waals surface area (Å²) in [6.45, 7) is 6.00. The van der Waals surface area contributed by atoms with Gasteiger partial charge in [0.2, 0.25) is 0 Å². The molecule has 6 heteroatoms. The smallest absolute Gasteiger partial charge is 0.190 e. The molecule has 1 rings (SSSR count). The number of nitrogens with one attached hydrogen (secondary N) is 1. The molecule has 0 aromatic carbocycles. The van der Waals surface area contributed by atoms with Gasteiger partial charge in [-0.15, -0.1) is 10.2 Å². The Morgan fingerprint density at radius 3 is 2.56 bits per heavy atom. The highest BCUT2D eigenvalue weighted by Gasteiger charge is 2.20. The first-order chi connectivity index (χ1) is 8.34. The van der Waals surface area contributed by atoms with Crippen LogP contribution in [0.4, 0.5) is 0 Å². The van der Waals surface area contributed by atoms with Crippen LogP contribution < -0.4 is 5.73 Å². The lowest BCUT2D eigenvalue weighted by Crippen LogP contribution is -2.30. The van der Waals surface area contributed by atoms with E-state index in [9.17, 15) is 0 Å². The van der Waals surface area contributed by atoms with Crippen molar-refractivity contribution < 1.29 is 0 Å². The fourth-order valence-corrected chi connectivity index (χ4v) is 2.44. The molecule has 0 aliphatic rings. The SMILES string of the molecule is Cc1nnc(SCCCCC(C)(C)C(=N)N)n1C. The van der Waals surface area contributed by atoms with E-state index in [-0.39, 0.29) is 11.3 Å². The number of unbranched alkanes of at least 4 members (excludes halogenated alkanes) is 1. The second-order valence-corrected chi connectivity index (χ2v) is 6.25. The van der Waals surface area contributed by atoms with E-state index in [1.165, 1.54) is 0 Å². The number of hydrogen-bond acceptors (Lipinski definition) is 4. The van der Waals surface area contributed by atoms with Gasteiger partial charge in [0.15, 0.2) is 5.16 Å². The number of nitrogens with zero attached hydrogens (tertiary/aromatic N) is 3. The predicted molar refractivity (Wildman–Crippen MR) is 76.0 cm³/mol. The fraction of sp³-hybridized carbons (Fsp3) is 0.750. The molecule has 18 heavy (non-hydrogen) atoms. The Bertz CT molecular complexity index is 411. The number of nitrogens with two attached hydrogens (primary N) is 1. The lowest BCUT2D eigenvalue weighted by Gasteiger charge is -2.22. The topological polar surface area (TPSA) is 80.6 Å². The van der Waals surface area contributed by atoms with Gasteiger partial charge in [-0.3, -0.25) is 5.41 Å². The molecule has 0 aliphatic heterocycles. The molecule has 5 nitrogen and oxygen atoms in total. The third-order valence-corrected chi connectivity index (χ3v) is 4.32. The minimum Gasteiger partial charge on any atom is -0.387 e. The summed E-state index contributed by atoms with van der Waals surface area (Å²) in [6, 6.07) is 0. The Morgan fingerprint density at radius 2 is 2.06 bits per heavy atom. The van der Waals surface area contributed by atoms with E-state index < -0.39 is 0 Å². The molecule has 0 amide bonds. The minimum atomic E-state index is -0.175. The number of aromatic nitrogens is 3. The van der Waals surface area contributed by atoms with Crippen LogP contribution >= 0.6 is 11.8 Å². The molecule has 0 saturated carbocycles. The Hall–Kier alpha value is -1.04. The summed E-state index contributed by atoms with van der Waals surface area (Å²) >= 11 is 1.73. The average molecular weight is 269 g/mol. The molecule has 0 aliphatic carbocycles. The Morgan fingerprint density at radius 1 is 1.39 bits per heavy atom. The van der Waals surface area contributed by atoms with E-state index in [2.05, 4.69) is 10.2 Å². The first-order valence-electron chi connectivity index (χ1n) is 6.18. The fourth-order valence-electron chi connectivity index (χ4n) is 1.48. The van der Waals surface area contributed by atoms with E-state index in [0.717, 1.165) is 36.0 Å². The number of amidine groups is 1. The van der Waals surface area contributed by atoms with Crippen LogP contribution in [-0.2, 0) is 7.05 Å². The summed E-state index contributed by atoms with van der Waals surface area (Å²) in [6.07, 6.45) is 3.14. The van der Waals surface area contributed by atoms with Gasteiger partial charge in [0.1, 0.15) is 5.82 Å². The van der Waals surface area contributed by atoms with Crippen LogP contribution in [0, 0.1) is 17.7 Å². The lowest BCUT2D eigenvalue weighted by atomic mass is 9.86. The van der Waals surface area contributed by atoms with Crippen molar-refractivity contribution in [1.82, 2.24) is 14.8 Å². The zero-order chi connectivity index (χ0) is 13.8. The maximum atomic E-state index is 7.49. The molecule has 0 atom stereocenters. The first-order valence-corrected chi connectivity index (χ1v) is 7.16. The Kier molecular flexibility index (Phi) is 5.19. The number of hydrogen-bond donors (Lipinski definition) is 2. The van der Waals surface area contributed by atoms with Crippen LogP contribution in [0.3, 0.4) is 0 Å². The van der Waals surface area contributed by atoms with Gasteiger partial charge < -0.3 is 10.3 Å². The van der Waals surface area contributed by atoms with Crippen molar-refractivity contribution in [1.29, 1.82) is 5.41 Å². The number of aryl methyl sites for hydroxylation is 1. The maximum absolute atomic E-state index is 7.49. The molecule has 1 aromatic rings. The summed E-state index contributed by atoms with van der Waals surface area (Å²) in [4.78, 5) is 0. The van der Waals surface area contributed by atoms with E-state index in [4.69, 9.17) is 11.1 Å². The van der Waals surface area contributed by atoms with Gasteiger partial charge in [0.25, 0.3) is 0 Å². The van der Waals surface area contributed by atoms with Gasteiger partial charge in [-0.1, -0.05) is 32.0 Å². The maximum Gasteiger partial charge on any atom is 0.190 e. The van der Waals surface area contributed by atoms with Crippen LogP contribution in [0.2, 0.25) is 0 Å². The quantitative estimate of drug-likeness (QED) is 0.344. The molecule has 102 valence electrons. The molecule has 0 bridgehead atoms. The highest BCUT2D eigenvalue weighted by molar-refractivity contribution is 7.99. The third kappa shape index (κ3) is 4.01. The molecular weight excluding hydrogens is 246 g/mol. The zero-order valence-corrected chi connectivity index (χ0v) is 12.5. The molecule has 0 fully saturated rings. The molecule has 0 spiro atoms. The lowest BCUT2D eigenvalue weighted by molar-refractivity contribution is 0.448. The molecule has 0 radical (unpaired) electrons. The van der Waals surface area contributed by atoms with Crippen LogP contribution in [0.5, 0.6) is 0 Å². The predicted octanol–water partition coefficient (Wildman–Crippen LogP) is 2.35. The second-order valence-electron chi connectivity index (χ2n) is 5.19. The normalized spacial score (nSPS) is 11.8.